The zero-order valence-electron chi connectivity index (χ0n) is 17.6. The van der Waals surface area contributed by atoms with Crippen molar-refractivity contribution in [3.05, 3.63) is 58.4 Å². The summed E-state index contributed by atoms with van der Waals surface area (Å²) in [5.74, 6) is 0.171. The first-order valence-corrected chi connectivity index (χ1v) is 10.5. The van der Waals surface area contributed by atoms with Crippen LogP contribution in [0.5, 0.6) is 0 Å². The Morgan fingerprint density at radius 1 is 1.26 bits per heavy atom. The van der Waals surface area contributed by atoms with E-state index < -0.39 is 0 Å². The van der Waals surface area contributed by atoms with Crippen LogP contribution in [0.2, 0.25) is 5.15 Å². The summed E-state index contributed by atoms with van der Waals surface area (Å²) in [7, 11) is 3.92. The molecule has 1 aromatic carbocycles. The van der Waals surface area contributed by atoms with Gasteiger partial charge in [0, 0.05) is 43.8 Å². The number of hydrogen-bond donors (Lipinski definition) is 1. The highest BCUT2D eigenvalue weighted by atomic mass is 35.5. The normalized spacial score (nSPS) is 16.5. The van der Waals surface area contributed by atoms with Crippen molar-refractivity contribution in [1.82, 2.24) is 24.6 Å². The Morgan fingerprint density at radius 2 is 2.06 bits per heavy atom. The summed E-state index contributed by atoms with van der Waals surface area (Å²) in [4.78, 5) is 23.3. The number of likely N-dealkylation sites (tertiary alicyclic amines) is 1. The van der Waals surface area contributed by atoms with Crippen molar-refractivity contribution >= 4 is 23.5 Å². The topological polar surface area (TPSA) is 99.2 Å². The van der Waals surface area contributed by atoms with E-state index in [0.29, 0.717) is 35.9 Å². The summed E-state index contributed by atoms with van der Waals surface area (Å²) >= 11 is 6.05. The molecule has 1 saturated heterocycles. The van der Waals surface area contributed by atoms with Crippen LogP contribution in [0, 0.1) is 5.92 Å². The number of anilines is 1. The lowest BCUT2D eigenvalue weighted by Crippen LogP contribution is -2.19. The zero-order chi connectivity index (χ0) is 22.0. The second kappa shape index (κ2) is 9.03. The molecule has 162 valence electrons. The number of carbonyl (C=O) groups excluding carboxylic acids is 1. The number of benzene rings is 1. The second-order valence-corrected chi connectivity index (χ2v) is 8.35. The van der Waals surface area contributed by atoms with Crippen molar-refractivity contribution in [2.24, 2.45) is 13.0 Å². The van der Waals surface area contributed by atoms with Gasteiger partial charge in [0.05, 0.1) is 17.9 Å². The zero-order valence-corrected chi connectivity index (χ0v) is 18.3. The molecule has 0 spiro atoms. The minimum absolute atomic E-state index is 0.0839. The Morgan fingerprint density at radius 3 is 2.81 bits per heavy atom. The van der Waals surface area contributed by atoms with E-state index in [2.05, 4.69) is 27.0 Å². The molecule has 0 saturated carbocycles. The Hall–Kier alpha value is -2.97. The third-order valence-electron chi connectivity index (χ3n) is 5.42. The van der Waals surface area contributed by atoms with Crippen LogP contribution >= 0.6 is 11.6 Å². The predicted octanol–water partition coefficient (Wildman–Crippen LogP) is 2.81. The van der Waals surface area contributed by atoms with E-state index in [-0.39, 0.29) is 17.1 Å². The average Bonchev–Trinajstić information content (AvgIpc) is 3.31. The van der Waals surface area contributed by atoms with Gasteiger partial charge >= 0.3 is 5.97 Å². The first-order valence-electron chi connectivity index (χ1n) is 10.2. The second-order valence-electron chi connectivity index (χ2n) is 7.96. The molecule has 0 radical (unpaired) electrons. The number of aryl methyl sites for hydroxylation is 1. The molecule has 8 nitrogen and oxygen atoms in total. The number of rotatable bonds is 6. The standard InChI is InChI=1S/C22H25ClN6O2/c1-28-8-7-14(11-28)13-31-21(30)17-6-4-3-5-15(17)9-16-12-29(2)27-20(16)18-10-19(23)26-22(24)25-18/h3-6,10,12,14H,7-9,11,13H2,1-2H3,(H2,24,25,26). The number of carbonyl (C=O) groups is 1. The first kappa shape index (κ1) is 21.3. The fraction of sp³-hybridized carbons (Fsp3) is 0.364. The molecule has 4 rings (SSSR count). The molecular weight excluding hydrogens is 416 g/mol. The van der Waals surface area contributed by atoms with E-state index in [0.717, 1.165) is 30.6 Å². The quantitative estimate of drug-likeness (QED) is 0.464. The van der Waals surface area contributed by atoms with Crippen molar-refractivity contribution in [2.75, 3.05) is 32.5 Å². The summed E-state index contributed by atoms with van der Waals surface area (Å²) in [5.41, 5.74) is 9.26. The number of halogens is 1. The maximum atomic E-state index is 12.8. The van der Waals surface area contributed by atoms with Crippen LogP contribution in [-0.2, 0) is 18.2 Å². The Balaban J connectivity index is 1.56. The highest BCUT2D eigenvalue weighted by molar-refractivity contribution is 6.29. The Bertz CT molecular complexity index is 1080. The summed E-state index contributed by atoms with van der Waals surface area (Å²) in [5, 5.41) is 4.77. The van der Waals surface area contributed by atoms with Crippen molar-refractivity contribution in [3.63, 3.8) is 0 Å². The molecule has 31 heavy (non-hydrogen) atoms. The minimum atomic E-state index is -0.301. The van der Waals surface area contributed by atoms with Gasteiger partial charge in [0.25, 0.3) is 0 Å². The number of aromatic nitrogens is 4. The summed E-state index contributed by atoms with van der Waals surface area (Å²) in [6, 6.07) is 9.11. The molecule has 1 unspecified atom stereocenters. The number of ether oxygens (including phenoxy) is 1. The van der Waals surface area contributed by atoms with Gasteiger partial charge in [-0.1, -0.05) is 29.8 Å². The summed E-state index contributed by atoms with van der Waals surface area (Å²) < 4.78 is 7.35. The number of nitrogens with two attached hydrogens (primary N) is 1. The SMILES string of the molecule is CN1CCC(COC(=O)c2ccccc2Cc2cn(C)nc2-c2cc(Cl)nc(N)n2)C1. The lowest BCUT2D eigenvalue weighted by Gasteiger charge is -2.13. The van der Waals surface area contributed by atoms with Crippen LogP contribution < -0.4 is 5.73 Å². The summed E-state index contributed by atoms with van der Waals surface area (Å²) in [6.45, 7) is 2.44. The van der Waals surface area contributed by atoms with E-state index in [4.69, 9.17) is 22.1 Å². The van der Waals surface area contributed by atoms with E-state index in [9.17, 15) is 4.79 Å². The molecule has 0 bridgehead atoms. The van der Waals surface area contributed by atoms with Crippen LogP contribution in [0.3, 0.4) is 0 Å². The molecule has 9 heteroatoms. The highest BCUT2D eigenvalue weighted by Gasteiger charge is 2.22. The van der Waals surface area contributed by atoms with E-state index in [1.165, 1.54) is 0 Å². The van der Waals surface area contributed by atoms with Crippen molar-refractivity contribution < 1.29 is 9.53 Å². The number of esters is 1. The van der Waals surface area contributed by atoms with Crippen LogP contribution in [0.4, 0.5) is 5.95 Å². The number of nitrogens with zero attached hydrogens (tertiary/aromatic N) is 5. The fourth-order valence-electron chi connectivity index (χ4n) is 3.95. The molecule has 3 aromatic rings. The molecular formula is C22H25ClN6O2. The molecule has 0 amide bonds. The van der Waals surface area contributed by atoms with Gasteiger partial charge in [-0.05, 0) is 31.6 Å². The third-order valence-corrected chi connectivity index (χ3v) is 5.61. The highest BCUT2D eigenvalue weighted by Crippen LogP contribution is 2.26. The maximum Gasteiger partial charge on any atom is 0.338 e. The molecule has 1 aliphatic rings. The molecule has 1 aliphatic heterocycles. The van der Waals surface area contributed by atoms with Gasteiger partial charge in [0.2, 0.25) is 5.95 Å². The van der Waals surface area contributed by atoms with E-state index in [1.807, 2.05) is 31.4 Å². The molecule has 2 aromatic heterocycles. The third kappa shape index (κ3) is 5.03. The maximum absolute atomic E-state index is 12.8. The molecule has 3 heterocycles. The van der Waals surface area contributed by atoms with Crippen LogP contribution in [0.25, 0.3) is 11.4 Å². The average molecular weight is 441 g/mol. The molecule has 0 aliphatic carbocycles. The lowest BCUT2D eigenvalue weighted by atomic mass is 9.99. The van der Waals surface area contributed by atoms with Crippen molar-refractivity contribution in [2.45, 2.75) is 12.8 Å². The Kier molecular flexibility index (Phi) is 6.20. The van der Waals surface area contributed by atoms with Gasteiger partial charge in [-0.2, -0.15) is 5.10 Å². The van der Waals surface area contributed by atoms with Gasteiger partial charge in [-0.25, -0.2) is 14.8 Å². The molecule has 1 atom stereocenters. The smallest absolute Gasteiger partial charge is 0.338 e. The van der Waals surface area contributed by atoms with Gasteiger partial charge in [-0.3, -0.25) is 4.68 Å². The van der Waals surface area contributed by atoms with Crippen molar-refractivity contribution in [1.29, 1.82) is 0 Å². The van der Waals surface area contributed by atoms with Crippen molar-refractivity contribution in [3.8, 4) is 11.4 Å². The summed E-state index contributed by atoms with van der Waals surface area (Å²) in [6.07, 6.45) is 3.44. The fourth-order valence-corrected chi connectivity index (χ4v) is 4.14. The monoisotopic (exact) mass is 440 g/mol. The molecule has 2 N–H and O–H groups in total. The Labute approximate surface area is 186 Å². The van der Waals surface area contributed by atoms with Crippen LogP contribution in [-0.4, -0.2) is 57.4 Å². The van der Waals surface area contributed by atoms with E-state index in [1.54, 1.807) is 16.8 Å². The largest absolute Gasteiger partial charge is 0.462 e. The number of nitrogen functional groups attached to an aromatic ring is 1. The van der Waals surface area contributed by atoms with Gasteiger partial charge in [0.1, 0.15) is 10.8 Å². The van der Waals surface area contributed by atoms with Crippen LogP contribution in [0.15, 0.2) is 36.5 Å². The molecule has 1 fully saturated rings. The van der Waals surface area contributed by atoms with E-state index >= 15 is 0 Å². The lowest BCUT2D eigenvalue weighted by molar-refractivity contribution is 0.0444. The van der Waals surface area contributed by atoms with Gasteiger partial charge in [-0.15, -0.1) is 0 Å². The number of hydrogen-bond acceptors (Lipinski definition) is 7. The van der Waals surface area contributed by atoms with Gasteiger partial charge in [0.15, 0.2) is 0 Å². The van der Waals surface area contributed by atoms with Gasteiger partial charge < -0.3 is 15.4 Å². The van der Waals surface area contributed by atoms with Crippen LogP contribution in [0.1, 0.15) is 27.9 Å². The predicted molar refractivity (Wildman–Crippen MR) is 119 cm³/mol. The first-order chi connectivity index (χ1) is 14.9. The minimum Gasteiger partial charge on any atom is -0.462 e.